The van der Waals surface area contributed by atoms with Gasteiger partial charge in [0.2, 0.25) is 5.91 Å². The van der Waals surface area contributed by atoms with Gasteiger partial charge < -0.3 is 26.8 Å². The van der Waals surface area contributed by atoms with E-state index in [-0.39, 0.29) is 22.9 Å². The molecule has 102 valence electrons. The third-order valence-electron chi connectivity index (χ3n) is 2.67. The van der Waals surface area contributed by atoms with Crippen molar-refractivity contribution in [2.24, 2.45) is 0 Å². The largest absolute Gasteiger partial charge is 1.00 e. The fraction of sp³-hybridized carbons (Fsp3) is 0.769. The van der Waals surface area contributed by atoms with E-state index in [0.717, 1.165) is 24.0 Å². The molecule has 0 bridgehead atoms. The normalized spacial score (nSPS) is 11.3. The molecule has 0 fully saturated rings. The second-order valence-corrected chi connectivity index (χ2v) is 4.88. The highest BCUT2D eigenvalue weighted by atomic mass is 79.9. The maximum absolute atomic E-state index is 11.1. The van der Waals surface area contributed by atoms with Gasteiger partial charge >= 0.3 is 0 Å². The molecule has 0 unspecified atom stereocenters. The standard InChI is InChI=1S/C13H26N2O.BrH/c1-5-7-11-15(3,4)12-8-10-14-13(16)9-6-2;/h6,9H,5,7-8,10-12H2,1-4H3;1H. The summed E-state index contributed by atoms with van der Waals surface area (Å²) in [5.74, 6) is 0.0152. The van der Waals surface area contributed by atoms with Crippen molar-refractivity contribution in [2.45, 2.75) is 33.1 Å². The highest BCUT2D eigenvalue weighted by Crippen LogP contribution is 2.02. The van der Waals surface area contributed by atoms with Gasteiger partial charge in [-0.2, -0.15) is 0 Å². The number of quaternary nitrogens is 1. The predicted molar refractivity (Wildman–Crippen MR) is 69.2 cm³/mol. The first-order valence-electron chi connectivity index (χ1n) is 6.24. The summed E-state index contributed by atoms with van der Waals surface area (Å²) >= 11 is 0. The van der Waals surface area contributed by atoms with Gasteiger partial charge in [0.25, 0.3) is 0 Å². The van der Waals surface area contributed by atoms with E-state index in [9.17, 15) is 4.79 Å². The molecule has 1 amide bonds. The lowest BCUT2D eigenvalue weighted by Gasteiger charge is -2.29. The molecule has 0 aliphatic rings. The fourth-order valence-electron chi connectivity index (χ4n) is 1.63. The average Bonchev–Trinajstić information content (AvgIpc) is 2.22. The molecule has 0 aromatic heterocycles. The second-order valence-electron chi connectivity index (χ2n) is 4.88. The van der Waals surface area contributed by atoms with Crippen LogP contribution in [0.5, 0.6) is 0 Å². The zero-order valence-corrected chi connectivity index (χ0v) is 13.2. The molecule has 1 N–H and O–H groups in total. The zero-order chi connectivity index (χ0) is 12.4. The van der Waals surface area contributed by atoms with Gasteiger partial charge in [-0.15, -0.1) is 0 Å². The molecular formula is C13H27BrN2O. The summed E-state index contributed by atoms with van der Waals surface area (Å²) < 4.78 is 1.05. The Morgan fingerprint density at radius 2 is 1.82 bits per heavy atom. The summed E-state index contributed by atoms with van der Waals surface area (Å²) in [5.41, 5.74) is 0. The van der Waals surface area contributed by atoms with Crippen molar-refractivity contribution in [1.82, 2.24) is 5.32 Å². The number of unbranched alkanes of at least 4 members (excludes halogenated alkanes) is 1. The molecule has 0 saturated carbocycles. The first-order valence-corrected chi connectivity index (χ1v) is 6.24. The lowest BCUT2D eigenvalue weighted by atomic mass is 10.2. The van der Waals surface area contributed by atoms with Gasteiger partial charge in [-0.3, -0.25) is 4.79 Å². The van der Waals surface area contributed by atoms with Gasteiger partial charge in [-0.05, 0) is 19.4 Å². The number of amides is 1. The molecule has 0 aromatic rings. The van der Waals surface area contributed by atoms with Crippen LogP contribution in [0.15, 0.2) is 12.2 Å². The highest BCUT2D eigenvalue weighted by molar-refractivity contribution is 5.87. The van der Waals surface area contributed by atoms with Crippen molar-refractivity contribution in [3.63, 3.8) is 0 Å². The van der Waals surface area contributed by atoms with Crippen LogP contribution in [0.3, 0.4) is 0 Å². The predicted octanol–water partition coefficient (Wildman–Crippen LogP) is -1.05. The van der Waals surface area contributed by atoms with Crippen molar-refractivity contribution in [3.8, 4) is 0 Å². The van der Waals surface area contributed by atoms with Crippen LogP contribution in [0.4, 0.5) is 0 Å². The lowest BCUT2D eigenvalue weighted by Crippen LogP contribution is -3.00. The molecule has 0 aliphatic heterocycles. The topological polar surface area (TPSA) is 29.1 Å². The van der Waals surface area contributed by atoms with E-state index in [0.29, 0.717) is 0 Å². The Labute approximate surface area is 117 Å². The second kappa shape index (κ2) is 10.8. The van der Waals surface area contributed by atoms with Gasteiger partial charge in [-0.25, -0.2) is 0 Å². The van der Waals surface area contributed by atoms with Crippen LogP contribution in [-0.4, -0.2) is 44.1 Å². The fourth-order valence-corrected chi connectivity index (χ4v) is 1.63. The Kier molecular flexibility index (Phi) is 12.1. The van der Waals surface area contributed by atoms with E-state index >= 15 is 0 Å². The molecular weight excluding hydrogens is 280 g/mol. The molecule has 0 rings (SSSR count). The molecule has 0 heterocycles. The highest BCUT2D eigenvalue weighted by Gasteiger charge is 2.12. The van der Waals surface area contributed by atoms with Crippen molar-refractivity contribution < 1.29 is 26.3 Å². The van der Waals surface area contributed by atoms with Crippen molar-refractivity contribution in [2.75, 3.05) is 33.7 Å². The van der Waals surface area contributed by atoms with E-state index in [1.165, 1.54) is 19.4 Å². The van der Waals surface area contributed by atoms with Crippen LogP contribution in [0.1, 0.15) is 33.1 Å². The number of hydrogen-bond acceptors (Lipinski definition) is 1. The van der Waals surface area contributed by atoms with Crippen molar-refractivity contribution in [3.05, 3.63) is 12.2 Å². The van der Waals surface area contributed by atoms with Crippen LogP contribution < -0.4 is 22.3 Å². The molecule has 0 aliphatic carbocycles. The van der Waals surface area contributed by atoms with E-state index in [2.05, 4.69) is 26.3 Å². The number of hydrogen-bond donors (Lipinski definition) is 1. The number of nitrogens with one attached hydrogen (secondary N) is 1. The van der Waals surface area contributed by atoms with E-state index in [1.807, 2.05) is 6.92 Å². The van der Waals surface area contributed by atoms with E-state index in [4.69, 9.17) is 0 Å². The van der Waals surface area contributed by atoms with E-state index < -0.39 is 0 Å². The summed E-state index contributed by atoms with van der Waals surface area (Å²) in [7, 11) is 4.51. The first-order chi connectivity index (χ1) is 7.52. The molecule has 0 spiro atoms. The van der Waals surface area contributed by atoms with Crippen molar-refractivity contribution in [1.29, 1.82) is 0 Å². The van der Waals surface area contributed by atoms with Crippen LogP contribution in [-0.2, 0) is 4.79 Å². The molecule has 0 radical (unpaired) electrons. The molecule has 3 nitrogen and oxygen atoms in total. The Bertz CT molecular complexity index is 227. The Morgan fingerprint density at radius 3 is 2.35 bits per heavy atom. The third-order valence-corrected chi connectivity index (χ3v) is 2.67. The molecule has 0 aromatic carbocycles. The van der Waals surface area contributed by atoms with Crippen LogP contribution >= 0.6 is 0 Å². The quantitative estimate of drug-likeness (QED) is 0.346. The van der Waals surface area contributed by atoms with Gasteiger partial charge in [0.1, 0.15) is 0 Å². The number of rotatable bonds is 8. The van der Waals surface area contributed by atoms with Gasteiger partial charge in [0, 0.05) is 13.0 Å². The molecule has 0 saturated heterocycles. The summed E-state index contributed by atoms with van der Waals surface area (Å²) in [6.45, 7) is 7.19. The lowest BCUT2D eigenvalue weighted by molar-refractivity contribution is -0.890. The molecule has 0 atom stereocenters. The Morgan fingerprint density at radius 1 is 1.24 bits per heavy atom. The summed E-state index contributed by atoms with van der Waals surface area (Å²) in [6, 6.07) is 0. The van der Waals surface area contributed by atoms with Crippen molar-refractivity contribution >= 4 is 5.91 Å². The smallest absolute Gasteiger partial charge is 0.243 e. The minimum absolute atomic E-state index is 0. The molecule has 17 heavy (non-hydrogen) atoms. The minimum atomic E-state index is 0. The van der Waals surface area contributed by atoms with E-state index in [1.54, 1.807) is 12.2 Å². The molecule has 4 heteroatoms. The first kappa shape index (κ1) is 19.0. The summed E-state index contributed by atoms with van der Waals surface area (Å²) in [5, 5.41) is 2.88. The zero-order valence-electron chi connectivity index (χ0n) is 11.6. The van der Waals surface area contributed by atoms with Gasteiger partial charge in [0.15, 0.2) is 0 Å². The monoisotopic (exact) mass is 306 g/mol. The number of halogens is 1. The maximum atomic E-state index is 11.1. The maximum Gasteiger partial charge on any atom is 0.243 e. The third kappa shape index (κ3) is 11.9. The summed E-state index contributed by atoms with van der Waals surface area (Å²) in [6.07, 6.45) is 6.89. The average molecular weight is 307 g/mol. The number of carbonyl (C=O) groups is 1. The van der Waals surface area contributed by atoms with Gasteiger partial charge in [0.05, 0.1) is 27.2 Å². The Balaban J connectivity index is 0. The van der Waals surface area contributed by atoms with Crippen LogP contribution in [0.2, 0.25) is 0 Å². The number of carbonyl (C=O) groups excluding carboxylic acids is 1. The number of nitrogens with zero attached hydrogens (tertiary/aromatic N) is 1. The van der Waals surface area contributed by atoms with Gasteiger partial charge in [-0.1, -0.05) is 19.4 Å². The summed E-state index contributed by atoms with van der Waals surface area (Å²) in [4.78, 5) is 11.1. The number of allylic oxidation sites excluding steroid dienone is 1. The Hall–Kier alpha value is -0.350. The van der Waals surface area contributed by atoms with Crippen LogP contribution in [0.25, 0.3) is 0 Å². The minimum Gasteiger partial charge on any atom is -1.00 e. The SMILES string of the molecule is CC=CC(=O)NCCC[N+](C)(C)CCCC.[Br-]. The van der Waals surface area contributed by atoms with Crippen LogP contribution in [0, 0.1) is 0 Å².